The molecule has 1 atom stereocenters. The van der Waals surface area contributed by atoms with Crippen molar-refractivity contribution in [2.45, 2.75) is 50.2 Å². The van der Waals surface area contributed by atoms with Crippen molar-refractivity contribution < 1.29 is 18.3 Å². The quantitative estimate of drug-likeness (QED) is 0.687. The zero-order valence-electron chi connectivity index (χ0n) is 16.0. The molecule has 1 aliphatic heterocycles. The van der Waals surface area contributed by atoms with Gasteiger partial charge in [0, 0.05) is 36.7 Å². The summed E-state index contributed by atoms with van der Waals surface area (Å²) in [6.45, 7) is 3.77. The number of hydrogen-bond acceptors (Lipinski definition) is 5. The lowest BCUT2D eigenvalue weighted by Crippen LogP contribution is -2.44. The molecule has 29 heavy (non-hydrogen) atoms. The number of aromatic nitrogens is 3. The summed E-state index contributed by atoms with van der Waals surface area (Å²) in [4.78, 5) is 25.0. The van der Waals surface area contributed by atoms with Gasteiger partial charge in [-0.05, 0) is 31.5 Å². The van der Waals surface area contributed by atoms with E-state index in [4.69, 9.17) is 4.74 Å². The van der Waals surface area contributed by atoms with Gasteiger partial charge in [-0.25, -0.2) is 13.8 Å². The minimum absolute atomic E-state index is 0.0170. The number of fused-ring (bicyclic) bond motifs is 2. The largest absolute Gasteiger partial charge is 0.486 e. The first-order valence-corrected chi connectivity index (χ1v) is 9.54. The number of anilines is 1. The predicted octanol–water partition coefficient (Wildman–Crippen LogP) is 4.31. The highest BCUT2D eigenvalue weighted by Gasteiger charge is 2.46. The number of halogens is 2. The van der Waals surface area contributed by atoms with Crippen LogP contribution in [0.15, 0.2) is 36.7 Å². The number of hydrogen-bond donors (Lipinski definition) is 2. The molecule has 1 aliphatic carbocycles. The van der Waals surface area contributed by atoms with Crippen molar-refractivity contribution in [1.29, 1.82) is 0 Å². The molecule has 1 aromatic carbocycles. The third-order valence-electron chi connectivity index (χ3n) is 5.68. The Morgan fingerprint density at radius 1 is 1.24 bits per heavy atom. The van der Waals surface area contributed by atoms with E-state index in [1.165, 1.54) is 0 Å². The van der Waals surface area contributed by atoms with E-state index in [0.29, 0.717) is 28.3 Å². The van der Waals surface area contributed by atoms with Gasteiger partial charge >= 0.3 is 0 Å². The van der Waals surface area contributed by atoms with Gasteiger partial charge in [0.25, 0.3) is 5.92 Å². The molecule has 0 saturated heterocycles. The van der Waals surface area contributed by atoms with Crippen LogP contribution in [0.1, 0.15) is 48.5 Å². The van der Waals surface area contributed by atoms with Gasteiger partial charge in [0.1, 0.15) is 17.0 Å². The van der Waals surface area contributed by atoms with Crippen LogP contribution in [-0.2, 0) is 0 Å². The molecule has 150 valence electrons. The number of nitrogens with one attached hydrogen (secondary N) is 2. The van der Waals surface area contributed by atoms with Crippen molar-refractivity contribution in [3.05, 3.63) is 47.8 Å². The van der Waals surface area contributed by atoms with E-state index in [1.54, 1.807) is 24.5 Å². The van der Waals surface area contributed by atoms with E-state index >= 15 is 0 Å². The SMILES string of the molecule is CC1(C)Oc2ccccc2C(=O)C1c1c[nH]c2nc(NC3CC(F)(F)C3)ncc12. The fourth-order valence-corrected chi connectivity index (χ4v) is 4.27. The Morgan fingerprint density at radius 2 is 2.00 bits per heavy atom. The number of carbonyl (C=O) groups excluding carboxylic acids is 1. The number of H-pyrrole nitrogens is 1. The molecule has 0 spiro atoms. The Balaban J connectivity index is 1.48. The van der Waals surface area contributed by atoms with Crippen LogP contribution in [0.2, 0.25) is 0 Å². The maximum absolute atomic E-state index is 13.3. The fraction of sp³-hybridized carbons (Fsp3) is 0.381. The zero-order chi connectivity index (χ0) is 20.4. The van der Waals surface area contributed by atoms with E-state index in [2.05, 4.69) is 20.3 Å². The average molecular weight is 398 g/mol. The molecule has 6 nitrogen and oxygen atoms in total. The monoisotopic (exact) mass is 398 g/mol. The number of alkyl halides is 2. The molecular weight excluding hydrogens is 378 g/mol. The number of benzene rings is 1. The fourth-order valence-electron chi connectivity index (χ4n) is 4.27. The van der Waals surface area contributed by atoms with E-state index in [-0.39, 0.29) is 24.7 Å². The van der Waals surface area contributed by atoms with Gasteiger partial charge in [-0.3, -0.25) is 4.79 Å². The molecule has 1 unspecified atom stereocenters. The normalized spacial score (nSPS) is 22.6. The third kappa shape index (κ3) is 2.94. The van der Waals surface area contributed by atoms with Crippen molar-refractivity contribution in [3.63, 3.8) is 0 Å². The van der Waals surface area contributed by atoms with Crippen LogP contribution < -0.4 is 10.1 Å². The van der Waals surface area contributed by atoms with Gasteiger partial charge in [0.05, 0.1) is 11.5 Å². The van der Waals surface area contributed by atoms with Crippen molar-refractivity contribution in [3.8, 4) is 5.75 Å². The second kappa shape index (κ2) is 5.98. The summed E-state index contributed by atoms with van der Waals surface area (Å²) in [6, 6.07) is 6.89. The van der Waals surface area contributed by atoms with Crippen LogP contribution in [0.3, 0.4) is 0 Å². The smallest absolute Gasteiger partial charge is 0.252 e. The molecule has 3 heterocycles. The zero-order valence-corrected chi connectivity index (χ0v) is 16.0. The molecule has 8 heteroatoms. The van der Waals surface area contributed by atoms with Crippen molar-refractivity contribution in [2.75, 3.05) is 5.32 Å². The predicted molar refractivity (Wildman–Crippen MR) is 104 cm³/mol. The highest BCUT2D eigenvalue weighted by molar-refractivity contribution is 6.06. The van der Waals surface area contributed by atoms with Crippen LogP contribution in [0.25, 0.3) is 11.0 Å². The summed E-state index contributed by atoms with van der Waals surface area (Å²) in [7, 11) is 0. The number of Topliss-reactive ketones (excluding diaryl/α,β-unsaturated/α-hetero) is 1. The standard InChI is InChI=1S/C21H20F2N4O2/c1-20(2)16(17(28)12-5-3-4-6-15(12)29-20)13-9-24-18-14(13)10-25-19(27-18)26-11-7-21(22,23)8-11/h3-6,9-11,16H,7-8H2,1-2H3,(H2,24,25,26,27). The summed E-state index contributed by atoms with van der Waals surface area (Å²) in [5.74, 6) is -2.28. The summed E-state index contributed by atoms with van der Waals surface area (Å²) in [6.07, 6.45) is 2.94. The van der Waals surface area contributed by atoms with Gasteiger partial charge in [-0.2, -0.15) is 4.98 Å². The van der Waals surface area contributed by atoms with Gasteiger partial charge in [0.15, 0.2) is 5.78 Å². The Morgan fingerprint density at radius 3 is 2.76 bits per heavy atom. The Labute approximate surface area is 165 Å². The molecule has 0 radical (unpaired) electrons. The Kier molecular flexibility index (Phi) is 3.72. The molecule has 2 aliphatic rings. The number of rotatable bonds is 3. The maximum Gasteiger partial charge on any atom is 0.252 e. The third-order valence-corrected chi connectivity index (χ3v) is 5.68. The first-order chi connectivity index (χ1) is 13.7. The van der Waals surface area contributed by atoms with Gasteiger partial charge in [0.2, 0.25) is 5.95 Å². The number of ketones is 1. The number of para-hydroxylation sites is 1. The lowest BCUT2D eigenvalue weighted by atomic mass is 9.77. The molecule has 3 aromatic rings. The van der Waals surface area contributed by atoms with Crippen molar-refractivity contribution >= 4 is 22.8 Å². The minimum Gasteiger partial charge on any atom is -0.486 e. The summed E-state index contributed by atoms with van der Waals surface area (Å²) >= 11 is 0. The van der Waals surface area contributed by atoms with E-state index in [0.717, 1.165) is 5.56 Å². The molecule has 0 amide bonds. The number of aromatic amines is 1. The van der Waals surface area contributed by atoms with Gasteiger partial charge < -0.3 is 15.0 Å². The van der Waals surface area contributed by atoms with E-state index in [1.807, 2.05) is 26.0 Å². The second-order valence-corrected chi connectivity index (χ2v) is 8.30. The number of ether oxygens (including phenoxy) is 1. The summed E-state index contributed by atoms with van der Waals surface area (Å²) in [5, 5.41) is 3.65. The van der Waals surface area contributed by atoms with Crippen LogP contribution in [-0.4, -0.2) is 38.3 Å². The van der Waals surface area contributed by atoms with Crippen LogP contribution >= 0.6 is 0 Å². The van der Waals surface area contributed by atoms with Gasteiger partial charge in [-0.1, -0.05) is 12.1 Å². The molecule has 2 N–H and O–H groups in total. The second-order valence-electron chi connectivity index (χ2n) is 8.30. The average Bonchev–Trinajstić information content (AvgIpc) is 3.02. The van der Waals surface area contributed by atoms with Gasteiger partial charge in [-0.15, -0.1) is 0 Å². The Hall–Kier alpha value is -3.03. The first-order valence-electron chi connectivity index (χ1n) is 9.54. The lowest BCUT2D eigenvalue weighted by molar-refractivity contribution is -0.0794. The topological polar surface area (TPSA) is 79.9 Å². The van der Waals surface area contributed by atoms with Crippen molar-refractivity contribution in [1.82, 2.24) is 15.0 Å². The summed E-state index contributed by atoms with van der Waals surface area (Å²) in [5.41, 5.74) is 1.10. The molecule has 1 fully saturated rings. The van der Waals surface area contributed by atoms with Crippen molar-refractivity contribution in [2.24, 2.45) is 0 Å². The molecule has 5 rings (SSSR count). The number of carbonyl (C=O) groups is 1. The summed E-state index contributed by atoms with van der Waals surface area (Å²) < 4.78 is 32.2. The molecule has 1 saturated carbocycles. The molecule has 0 bridgehead atoms. The first kappa shape index (κ1) is 18.0. The van der Waals surface area contributed by atoms with E-state index in [9.17, 15) is 13.6 Å². The minimum atomic E-state index is -2.61. The maximum atomic E-state index is 13.3. The molecule has 2 aromatic heterocycles. The van der Waals surface area contributed by atoms with Crippen LogP contribution in [0.4, 0.5) is 14.7 Å². The Bertz CT molecular complexity index is 1120. The molecular formula is C21H20F2N4O2. The lowest BCUT2D eigenvalue weighted by Gasteiger charge is -2.38. The van der Waals surface area contributed by atoms with Crippen LogP contribution in [0, 0.1) is 0 Å². The highest BCUT2D eigenvalue weighted by atomic mass is 19.3. The van der Waals surface area contributed by atoms with E-state index < -0.39 is 17.4 Å². The number of nitrogens with zero attached hydrogens (tertiary/aromatic N) is 2. The highest BCUT2D eigenvalue weighted by Crippen LogP contribution is 2.44. The van der Waals surface area contributed by atoms with Crippen LogP contribution in [0.5, 0.6) is 5.75 Å².